The van der Waals surface area contributed by atoms with E-state index in [9.17, 15) is 9.18 Å². The Morgan fingerprint density at radius 2 is 1.89 bits per heavy atom. The third kappa shape index (κ3) is 3.42. The smallest absolute Gasteiger partial charge is 0.165 e. The Morgan fingerprint density at radius 1 is 1.21 bits per heavy atom. The maximum atomic E-state index is 13.3. The maximum Gasteiger partial charge on any atom is 0.165 e. The summed E-state index contributed by atoms with van der Waals surface area (Å²) in [6, 6.07) is 13.8. The SMILES string of the molecule is CC(Cc1ccc(Cl)c(F)c1)C(=O)c1ccccc1. The van der Waals surface area contributed by atoms with Crippen molar-refractivity contribution in [2.24, 2.45) is 5.92 Å². The van der Waals surface area contributed by atoms with Crippen molar-refractivity contribution in [3.05, 3.63) is 70.5 Å². The highest BCUT2D eigenvalue weighted by Crippen LogP contribution is 2.19. The Morgan fingerprint density at radius 3 is 2.53 bits per heavy atom. The van der Waals surface area contributed by atoms with Gasteiger partial charge >= 0.3 is 0 Å². The van der Waals surface area contributed by atoms with Gasteiger partial charge in [-0.15, -0.1) is 0 Å². The Kier molecular flexibility index (Phi) is 4.33. The van der Waals surface area contributed by atoms with Crippen LogP contribution in [0.4, 0.5) is 4.39 Å². The third-order valence-electron chi connectivity index (χ3n) is 3.03. The van der Waals surface area contributed by atoms with Crippen molar-refractivity contribution in [3.63, 3.8) is 0 Å². The molecule has 1 atom stereocenters. The monoisotopic (exact) mass is 276 g/mol. The van der Waals surface area contributed by atoms with Crippen molar-refractivity contribution in [3.8, 4) is 0 Å². The zero-order valence-corrected chi connectivity index (χ0v) is 11.3. The lowest BCUT2D eigenvalue weighted by Gasteiger charge is -2.11. The molecule has 0 aliphatic carbocycles. The van der Waals surface area contributed by atoms with Crippen molar-refractivity contribution in [2.45, 2.75) is 13.3 Å². The lowest BCUT2D eigenvalue weighted by Crippen LogP contribution is -2.14. The van der Waals surface area contributed by atoms with Crippen molar-refractivity contribution in [1.82, 2.24) is 0 Å². The Hall–Kier alpha value is -1.67. The van der Waals surface area contributed by atoms with Crippen LogP contribution in [-0.4, -0.2) is 5.78 Å². The molecule has 0 spiro atoms. The van der Waals surface area contributed by atoms with Crippen LogP contribution in [0.5, 0.6) is 0 Å². The first-order chi connectivity index (χ1) is 9.08. The molecular weight excluding hydrogens is 263 g/mol. The van der Waals surface area contributed by atoms with E-state index in [4.69, 9.17) is 11.6 Å². The predicted octanol–water partition coefficient (Wildman–Crippen LogP) is 4.54. The molecular formula is C16H14ClFO. The van der Waals surface area contributed by atoms with Gasteiger partial charge in [-0.2, -0.15) is 0 Å². The summed E-state index contributed by atoms with van der Waals surface area (Å²) in [4.78, 5) is 12.2. The minimum Gasteiger partial charge on any atom is -0.294 e. The van der Waals surface area contributed by atoms with Crippen molar-refractivity contribution in [1.29, 1.82) is 0 Å². The Labute approximate surface area is 117 Å². The number of hydrogen-bond acceptors (Lipinski definition) is 1. The average molecular weight is 277 g/mol. The highest BCUT2D eigenvalue weighted by molar-refractivity contribution is 6.30. The fourth-order valence-corrected chi connectivity index (χ4v) is 2.12. The van der Waals surface area contributed by atoms with E-state index in [1.807, 2.05) is 25.1 Å². The van der Waals surface area contributed by atoms with Crippen molar-refractivity contribution < 1.29 is 9.18 Å². The van der Waals surface area contributed by atoms with Crippen LogP contribution in [0, 0.1) is 11.7 Å². The maximum absolute atomic E-state index is 13.3. The average Bonchev–Trinajstić information content (AvgIpc) is 2.43. The molecule has 0 fully saturated rings. The summed E-state index contributed by atoms with van der Waals surface area (Å²) in [5, 5.41) is 0.103. The van der Waals surface area contributed by atoms with Crippen LogP contribution in [0.2, 0.25) is 5.02 Å². The van der Waals surface area contributed by atoms with Gasteiger partial charge in [-0.25, -0.2) is 4.39 Å². The molecule has 0 bridgehead atoms. The van der Waals surface area contributed by atoms with E-state index in [2.05, 4.69) is 0 Å². The largest absolute Gasteiger partial charge is 0.294 e. The number of ketones is 1. The van der Waals surface area contributed by atoms with Crippen LogP contribution in [0.3, 0.4) is 0 Å². The van der Waals surface area contributed by atoms with E-state index in [1.54, 1.807) is 18.2 Å². The number of benzene rings is 2. The van der Waals surface area contributed by atoms with E-state index in [-0.39, 0.29) is 16.7 Å². The molecule has 19 heavy (non-hydrogen) atoms. The molecule has 2 aromatic carbocycles. The first kappa shape index (κ1) is 13.8. The molecule has 0 heterocycles. The second kappa shape index (κ2) is 5.98. The predicted molar refractivity (Wildman–Crippen MR) is 75.1 cm³/mol. The van der Waals surface area contributed by atoms with E-state index < -0.39 is 5.82 Å². The third-order valence-corrected chi connectivity index (χ3v) is 3.34. The van der Waals surface area contributed by atoms with Gasteiger partial charge in [0.05, 0.1) is 5.02 Å². The molecule has 0 aliphatic rings. The first-order valence-electron chi connectivity index (χ1n) is 6.11. The van der Waals surface area contributed by atoms with Gasteiger partial charge in [0, 0.05) is 11.5 Å². The molecule has 0 radical (unpaired) electrons. The number of halogens is 2. The van der Waals surface area contributed by atoms with Crippen LogP contribution in [0.25, 0.3) is 0 Å². The molecule has 0 saturated heterocycles. The Bertz CT molecular complexity index is 581. The van der Waals surface area contributed by atoms with E-state index in [0.717, 1.165) is 5.56 Å². The van der Waals surface area contributed by atoms with Gasteiger partial charge < -0.3 is 0 Å². The van der Waals surface area contributed by atoms with Gasteiger partial charge in [-0.1, -0.05) is 54.9 Å². The molecule has 1 nitrogen and oxygen atoms in total. The summed E-state index contributed by atoms with van der Waals surface area (Å²) in [6.45, 7) is 1.85. The van der Waals surface area contributed by atoms with Gasteiger partial charge in [0.25, 0.3) is 0 Å². The molecule has 3 heteroatoms. The zero-order chi connectivity index (χ0) is 13.8. The van der Waals surface area contributed by atoms with Gasteiger partial charge in [0.2, 0.25) is 0 Å². The molecule has 2 aromatic rings. The summed E-state index contributed by atoms with van der Waals surface area (Å²) in [6.07, 6.45) is 0.502. The van der Waals surface area contributed by atoms with Crippen LogP contribution >= 0.6 is 11.6 Å². The number of Topliss-reactive ketones (excluding diaryl/α,β-unsaturated/α-hetero) is 1. The number of carbonyl (C=O) groups excluding carboxylic acids is 1. The summed E-state index contributed by atoms with van der Waals surface area (Å²) in [5.41, 5.74) is 1.46. The first-order valence-corrected chi connectivity index (χ1v) is 6.49. The van der Waals surface area contributed by atoms with Crippen LogP contribution in [0.1, 0.15) is 22.8 Å². The van der Waals surface area contributed by atoms with Gasteiger partial charge in [-0.05, 0) is 24.1 Å². The van der Waals surface area contributed by atoms with E-state index in [1.165, 1.54) is 12.1 Å². The molecule has 2 rings (SSSR count). The normalized spacial score (nSPS) is 12.2. The molecule has 98 valence electrons. The van der Waals surface area contributed by atoms with E-state index >= 15 is 0 Å². The summed E-state index contributed by atoms with van der Waals surface area (Å²) < 4.78 is 13.3. The summed E-state index contributed by atoms with van der Waals surface area (Å²) in [5.74, 6) is -0.572. The summed E-state index contributed by atoms with van der Waals surface area (Å²) >= 11 is 5.63. The molecule has 0 aromatic heterocycles. The van der Waals surface area contributed by atoms with Gasteiger partial charge in [0.15, 0.2) is 5.78 Å². The zero-order valence-electron chi connectivity index (χ0n) is 10.6. The fourth-order valence-electron chi connectivity index (χ4n) is 2.00. The molecule has 0 saturated carbocycles. The van der Waals surface area contributed by atoms with Gasteiger partial charge in [0.1, 0.15) is 5.82 Å². The highest BCUT2D eigenvalue weighted by atomic mass is 35.5. The quantitative estimate of drug-likeness (QED) is 0.749. The topological polar surface area (TPSA) is 17.1 Å². The molecule has 0 aliphatic heterocycles. The molecule has 0 N–H and O–H groups in total. The number of rotatable bonds is 4. The van der Waals surface area contributed by atoms with Crippen LogP contribution in [-0.2, 0) is 6.42 Å². The fraction of sp³-hybridized carbons (Fsp3) is 0.188. The standard InChI is InChI=1S/C16H14ClFO/c1-11(16(19)13-5-3-2-4-6-13)9-12-7-8-14(17)15(18)10-12/h2-8,10-11H,9H2,1H3. The molecule has 1 unspecified atom stereocenters. The van der Waals surface area contributed by atoms with Crippen molar-refractivity contribution in [2.75, 3.05) is 0 Å². The minimum absolute atomic E-state index is 0.0657. The summed E-state index contributed by atoms with van der Waals surface area (Å²) in [7, 11) is 0. The number of hydrogen-bond donors (Lipinski definition) is 0. The highest BCUT2D eigenvalue weighted by Gasteiger charge is 2.15. The van der Waals surface area contributed by atoms with Crippen LogP contribution < -0.4 is 0 Å². The second-order valence-electron chi connectivity index (χ2n) is 4.58. The molecule has 0 amide bonds. The van der Waals surface area contributed by atoms with Crippen molar-refractivity contribution >= 4 is 17.4 Å². The second-order valence-corrected chi connectivity index (χ2v) is 4.99. The lowest BCUT2D eigenvalue weighted by atomic mass is 9.93. The van der Waals surface area contributed by atoms with E-state index in [0.29, 0.717) is 12.0 Å². The minimum atomic E-state index is -0.446. The van der Waals surface area contributed by atoms with Crippen LogP contribution in [0.15, 0.2) is 48.5 Å². The number of carbonyl (C=O) groups is 1. The Balaban J connectivity index is 2.10. The van der Waals surface area contributed by atoms with Gasteiger partial charge in [-0.3, -0.25) is 4.79 Å². The lowest BCUT2D eigenvalue weighted by molar-refractivity contribution is 0.0929.